The molecule has 2 saturated carbocycles. The minimum atomic E-state index is -1.10. The molecule has 0 bridgehead atoms. The Morgan fingerprint density at radius 3 is 2.74 bits per heavy atom. The molecule has 23 heavy (non-hydrogen) atoms. The maximum absolute atomic E-state index is 11.7. The summed E-state index contributed by atoms with van der Waals surface area (Å²) in [7, 11) is 0. The van der Waals surface area contributed by atoms with E-state index in [-0.39, 0.29) is 11.3 Å². The first kappa shape index (κ1) is 16.5. The molecule has 0 spiro atoms. The smallest absolute Gasteiger partial charge is 0.340 e. The van der Waals surface area contributed by atoms with Crippen molar-refractivity contribution in [3.05, 3.63) is 36.0 Å². The van der Waals surface area contributed by atoms with Crippen molar-refractivity contribution in [2.45, 2.75) is 59.2 Å². The second kappa shape index (κ2) is 5.62. The van der Waals surface area contributed by atoms with Gasteiger partial charge in [0.15, 0.2) is 0 Å². The Bertz CT molecular complexity index is 584. The summed E-state index contributed by atoms with van der Waals surface area (Å²) in [5, 5.41) is 9.39. The van der Waals surface area contributed by atoms with Gasteiger partial charge in [-0.15, -0.1) is 0 Å². The fourth-order valence-electron chi connectivity index (χ4n) is 5.32. The Kier molecular flexibility index (Phi) is 4.04. The van der Waals surface area contributed by atoms with Gasteiger partial charge in [0, 0.05) is 5.92 Å². The average Bonchev–Trinajstić information content (AvgIpc) is 2.75. The SMILES string of the molecule is C=C1CCC2C(C)(C)CCC[C@]2(C)[C@H]1/C=C/C1=CC(O)OC1=O. The molecular weight excluding hydrogens is 288 g/mol. The molecule has 0 aromatic heterocycles. The number of fused-ring (bicyclic) bond motifs is 1. The van der Waals surface area contributed by atoms with E-state index in [0.29, 0.717) is 16.9 Å². The zero-order valence-electron chi connectivity index (χ0n) is 14.5. The molecule has 2 fully saturated rings. The Morgan fingerprint density at radius 1 is 1.35 bits per heavy atom. The van der Waals surface area contributed by atoms with Crippen molar-refractivity contribution in [1.82, 2.24) is 0 Å². The van der Waals surface area contributed by atoms with Crippen molar-refractivity contribution in [2.24, 2.45) is 22.7 Å². The van der Waals surface area contributed by atoms with Gasteiger partial charge in [-0.3, -0.25) is 0 Å². The van der Waals surface area contributed by atoms with Crippen LogP contribution in [0.4, 0.5) is 0 Å². The maximum atomic E-state index is 11.7. The third kappa shape index (κ3) is 2.80. The van der Waals surface area contributed by atoms with E-state index in [0.717, 1.165) is 6.42 Å². The van der Waals surface area contributed by atoms with E-state index in [2.05, 4.69) is 33.4 Å². The predicted octanol–water partition coefficient (Wildman–Crippen LogP) is 4.14. The zero-order chi connectivity index (χ0) is 16.8. The minimum Gasteiger partial charge on any atom is -0.429 e. The van der Waals surface area contributed by atoms with Gasteiger partial charge >= 0.3 is 5.97 Å². The van der Waals surface area contributed by atoms with E-state index in [9.17, 15) is 9.90 Å². The summed E-state index contributed by atoms with van der Waals surface area (Å²) in [6.45, 7) is 11.5. The quantitative estimate of drug-likeness (QED) is 0.615. The third-order valence-corrected chi connectivity index (χ3v) is 6.43. The maximum Gasteiger partial charge on any atom is 0.340 e. The van der Waals surface area contributed by atoms with E-state index >= 15 is 0 Å². The molecule has 3 aliphatic rings. The number of carbonyl (C=O) groups is 1. The van der Waals surface area contributed by atoms with Gasteiger partial charge < -0.3 is 9.84 Å². The highest BCUT2D eigenvalue weighted by Crippen LogP contribution is 2.61. The molecule has 1 aliphatic heterocycles. The van der Waals surface area contributed by atoms with Crippen molar-refractivity contribution in [3.8, 4) is 0 Å². The molecule has 3 rings (SSSR count). The van der Waals surface area contributed by atoms with Gasteiger partial charge in [-0.05, 0) is 48.5 Å². The van der Waals surface area contributed by atoms with Crippen LogP contribution in [0, 0.1) is 22.7 Å². The van der Waals surface area contributed by atoms with Crippen molar-refractivity contribution in [2.75, 3.05) is 0 Å². The summed E-state index contributed by atoms with van der Waals surface area (Å²) in [5.74, 6) is 0.520. The Labute approximate surface area is 139 Å². The van der Waals surface area contributed by atoms with Crippen LogP contribution in [0.25, 0.3) is 0 Å². The number of hydrogen-bond donors (Lipinski definition) is 1. The standard InChI is InChI=1S/C20H28O3/c1-13-6-9-16-19(2,3)10-5-11-20(16,4)15(13)8-7-14-12-17(21)23-18(14)22/h7-8,12,15-17,21H,1,5-6,9-11H2,2-4H3/b8-7+/t15-,16?,17?,20+/m0/s1. The molecule has 1 heterocycles. The summed E-state index contributed by atoms with van der Waals surface area (Å²) in [6, 6.07) is 0. The normalized spacial score (nSPS) is 40.0. The van der Waals surface area contributed by atoms with Crippen LogP contribution in [0.3, 0.4) is 0 Å². The molecule has 0 amide bonds. The monoisotopic (exact) mass is 316 g/mol. The molecule has 0 saturated heterocycles. The number of cyclic esters (lactones) is 1. The Balaban J connectivity index is 1.89. The van der Waals surface area contributed by atoms with Crippen molar-refractivity contribution in [1.29, 1.82) is 0 Å². The number of carbonyl (C=O) groups excluding carboxylic acids is 1. The van der Waals surface area contributed by atoms with Crippen LogP contribution in [-0.4, -0.2) is 17.4 Å². The zero-order valence-corrected chi connectivity index (χ0v) is 14.5. The van der Waals surface area contributed by atoms with Crippen LogP contribution in [0.5, 0.6) is 0 Å². The van der Waals surface area contributed by atoms with E-state index in [1.54, 1.807) is 0 Å². The number of esters is 1. The lowest BCUT2D eigenvalue weighted by Crippen LogP contribution is -2.48. The Hall–Kier alpha value is -1.35. The summed E-state index contributed by atoms with van der Waals surface area (Å²) < 4.78 is 4.76. The Morgan fingerprint density at radius 2 is 2.09 bits per heavy atom. The lowest BCUT2D eigenvalue weighted by atomic mass is 9.47. The summed E-state index contributed by atoms with van der Waals surface area (Å²) in [5.41, 5.74) is 2.29. The summed E-state index contributed by atoms with van der Waals surface area (Å²) >= 11 is 0. The first-order chi connectivity index (χ1) is 10.7. The number of aliphatic hydroxyl groups is 1. The van der Waals surface area contributed by atoms with Crippen molar-refractivity contribution in [3.63, 3.8) is 0 Å². The van der Waals surface area contributed by atoms with Crippen molar-refractivity contribution >= 4 is 5.97 Å². The fourth-order valence-corrected chi connectivity index (χ4v) is 5.32. The highest BCUT2D eigenvalue weighted by atomic mass is 16.6. The molecule has 3 heteroatoms. The van der Waals surface area contributed by atoms with Gasteiger partial charge in [0.05, 0.1) is 5.57 Å². The molecule has 2 aliphatic carbocycles. The molecule has 4 atom stereocenters. The van der Waals surface area contributed by atoms with Gasteiger partial charge in [-0.25, -0.2) is 4.79 Å². The largest absolute Gasteiger partial charge is 0.429 e. The second-order valence-corrected chi connectivity index (χ2v) is 8.35. The van der Waals surface area contributed by atoms with Crippen LogP contribution in [-0.2, 0) is 9.53 Å². The first-order valence-corrected chi connectivity index (χ1v) is 8.71. The molecule has 1 N–H and O–H groups in total. The van der Waals surface area contributed by atoms with E-state index in [1.807, 2.05) is 6.08 Å². The van der Waals surface area contributed by atoms with Gasteiger partial charge in [-0.1, -0.05) is 51.5 Å². The van der Waals surface area contributed by atoms with Gasteiger partial charge in [-0.2, -0.15) is 0 Å². The second-order valence-electron chi connectivity index (χ2n) is 8.35. The van der Waals surface area contributed by atoms with E-state index in [1.165, 1.54) is 37.3 Å². The molecule has 0 radical (unpaired) electrons. The molecule has 0 aromatic carbocycles. The number of hydrogen-bond acceptors (Lipinski definition) is 3. The van der Waals surface area contributed by atoms with Gasteiger partial charge in [0.1, 0.15) is 0 Å². The molecule has 126 valence electrons. The first-order valence-electron chi connectivity index (χ1n) is 8.71. The minimum absolute atomic E-state index is 0.204. The molecule has 0 aromatic rings. The average molecular weight is 316 g/mol. The van der Waals surface area contributed by atoms with Crippen molar-refractivity contribution < 1.29 is 14.6 Å². The van der Waals surface area contributed by atoms with E-state index in [4.69, 9.17) is 4.74 Å². The number of rotatable bonds is 2. The van der Waals surface area contributed by atoms with Crippen LogP contribution in [0.2, 0.25) is 0 Å². The number of allylic oxidation sites excluding steroid dienone is 2. The molecular formula is C20H28O3. The molecule has 3 nitrogen and oxygen atoms in total. The predicted molar refractivity (Wildman–Crippen MR) is 90.4 cm³/mol. The lowest BCUT2D eigenvalue weighted by molar-refractivity contribution is -0.150. The van der Waals surface area contributed by atoms with Crippen LogP contribution >= 0.6 is 0 Å². The summed E-state index contributed by atoms with van der Waals surface area (Å²) in [4.78, 5) is 11.7. The topological polar surface area (TPSA) is 46.5 Å². The lowest BCUT2D eigenvalue weighted by Gasteiger charge is -2.57. The summed E-state index contributed by atoms with van der Waals surface area (Å²) in [6.07, 6.45) is 10.3. The van der Waals surface area contributed by atoms with Crippen LogP contribution in [0.1, 0.15) is 52.9 Å². The third-order valence-electron chi connectivity index (χ3n) is 6.43. The highest BCUT2D eigenvalue weighted by molar-refractivity contribution is 5.93. The number of aliphatic hydroxyl groups excluding tert-OH is 1. The highest BCUT2D eigenvalue weighted by Gasteiger charge is 2.52. The van der Waals surface area contributed by atoms with Gasteiger partial charge in [0.25, 0.3) is 0 Å². The van der Waals surface area contributed by atoms with E-state index < -0.39 is 12.3 Å². The number of ether oxygens (including phenoxy) is 1. The van der Waals surface area contributed by atoms with Crippen LogP contribution < -0.4 is 0 Å². The fraction of sp³-hybridized carbons (Fsp3) is 0.650. The van der Waals surface area contributed by atoms with Crippen LogP contribution in [0.15, 0.2) is 36.0 Å². The van der Waals surface area contributed by atoms with Gasteiger partial charge in [0.2, 0.25) is 6.29 Å². The molecule has 2 unspecified atom stereocenters.